The van der Waals surface area contributed by atoms with Crippen molar-refractivity contribution in [2.24, 2.45) is 0 Å². The molecule has 4 nitrogen and oxygen atoms in total. The lowest BCUT2D eigenvalue weighted by atomic mass is 9.95. The van der Waals surface area contributed by atoms with Gasteiger partial charge in [0.25, 0.3) is 0 Å². The molecule has 0 amide bonds. The summed E-state index contributed by atoms with van der Waals surface area (Å²) in [6, 6.07) is 22.6. The van der Waals surface area contributed by atoms with E-state index in [0.717, 1.165) is 34.0 Å². The molecule has 1 fully saturated rings. The van der Waals surface area contributed by atoms with Crippen LogP contribution < -0.4 is 10.1 Å². The molecule has 1 aliphatic rings. The summed E-state index contributed by atoms with van der Waals surface area (Å²) < 4.78 is 8.30. The Bertz CT molecular complexity index is 1170. The van der Waals surface area contributed by atoms with Gasteiger partial charge in [-0.3, -0.25) is 4.40 Å². The molecule has 0 atom stereocenters. The number of halogens is 1. The Kier molecular flexibility index (Phi) is 5.81. The number of anilines is 1. The van der Waals surface area contributed by atoms with Crippen LogP contribution in [0, 0.1) is 0 Å². The number of nitrogens with one attached hydrogen (secondary N) is 1. The van der Waals surface area contributed by atoms with Gasteiger partial charge in [-0.2, -0.15) is 0 Å². The van der Waals surface area contributed by atoms with Crippen LogP contribution in [-0.4, -0.2) is 15.4 Å². The zero-order valence-corrected chi connectivity index (χ0v) is 18.2. The van der Waals surface area contributed by atoms with Gasteiger partial charge in [-0.25, -0.2) is 4.98 Å². The Hall–Kier alpha value is -2.98. The first-order chi connectivity index (χ1) is 15.3. The minimum atomic E-state index is 0.459. The van der Waals surface area contributed by atoms with Gasteiger partial charge in [0.2, 0.25) is 0 Å². The minimum Gasteiger partial charge on any atom is -0.485 e. The molecule has 2 aromatic heterocycles. The maximum absolute atomic E-state index is 6.31. The van der Waals surface area contributed by atoms with Crippen LogP contribution in [0.4, 0.5) is 5.82 Å². The number of imidazole rings is 1. The molecule has 5 heteroatoms. The van der Waals surface area contributed by atoms with Crippen molar-refractivity contribution in [2.75, 3.05) is 5.32 Å². The van der Waals surface area contributed by atoms with E-state index in [1.807, 2.05) is 48.5 Å². The molecule has 2 heterocycles. The van der Waals surface area contributed by atoms with Crippen molar-refractivity contribution in [2.45, 2.75) is 44.8 Å². The highest BCUT2D eigenvalue weighted by Gasteiger charge is 2.21. The average Bonchev–Trinajstić information content (AvgIpc) is 3.18. The summed E-state index contributed by atoms with van der Waals surface area (Å²) in [5, 5.41) is 4.50. The van der Waals surface area contributed by atoms with Gasteiger partial charge < -0.3 is 10.1 Å². The van der Waals surface area contributed by atoms with Gasteiger partial charge >= 0.3 is 0 Å². The van der Waals surface area contributed by atoms with E-state index in [9.17, 15) is 0 Å². The second-order valence-electron chi connectivity index (χ2n) is 8.14. The number of hydrogen-bond donors (Lipinski definition) is 1. The van der Waals surface area contributed by atoms with E-state index in [4.69, 9.17) is 21.3 Å². The van der Waals surface area contributed by atoms with Crippen molar-refractivity contribution in [3.63, 3.8) is 0 Å². The predicted molar refractivity (Wildman–Crippen MR) is 127 cm³/mol. The number of benzene rings is 2. The minimum absolute atomic E-state index is 0.459. The molecule has 4 aromatic rings. The third-order valence-corrected chi connectivity index (χ3v) is 6.13. The molecule has 1 N–H and O–H groups in total. The SMILES string of the molecule is Clc1cccc(-c2nc3c(OCc4ccccc4)cccn3c2NC2CCCCC2)c1. The normalized spacial score (nSPS) is 14.6. The largest absolute Gasteiger partial charge is 0.485 e. The third kappa shape index (κ3) is 4.40. The standard InChI is InChI=1S/C26H26ClN3O/c27-21-12-7-11-20(17-21)24-26(28-22-13-5-2-6-14-22)30-16-8-15-23(25(30)29-24)31-18-19-9-3-1-4-10-19/h1,3-4,7-12,15-17,22,28H,2,5-6,13-14,18H2. The van der Waals surface area contributed by atoms with Crippen LogP contribution in [0.3, 0.4) is 0 Å². The molecule has 31 heavy (non-hydrogen) atoms. The van der Waals surface area contributed by atoms with Crippen molar-refractivity contribution < 1.29 is 4.74 Å². The van der Waals surface area contributed by atoms with E-state index in [1.54, 1.807) is 0 Å². The van der Waals surface area contributed by atoms with E-state index in [2.05, 4.69) is 34.1 Å². The van der Waals surface area contributed by atoms with Gasteiger partial charge in [-0.05, 0) is 42.7 Å². The molecule has 5 rings (SSSR count). The van der Waals surface area contributed by atoms with Gasteiger partial charge in [0.1, 0.15) is 18.1 Å². The Morgan fingerprint density at radius 3 is 2.61 bits per heavy atom. The van der Waals surface area contributed by atoms with Crippen LogP contribution in [0.25, 0.3) is 16.9 Å². The zero-order valence-electron chi connectivity index (χ0n) is 17.4. The van der Waals surface area contributed by atoms with Crippen molar-refractivity contribution >= 4 is 23.1 Å². The van der Waals surface area contributed by atoms with E-state index < -0.39 is 0 Å². The Balaban J connectivity index is 1.55. The molecule has 1 aliphatic carbocycles. The highest BCUT2D eigenvalue weighted by Crippen LogP contribution is 2.35. The van der Waals surface area contributed by atoms with Crippen LogP contribution in [-0.2, 0) is 6.61 Å². The molecule has 158 valence electrons. The first-order valence-corrected chi connectivity index (χ1v) is 11.4. The number of pyridine rings is 1. The average molecular weight is 432 g/mol. The molecule has 0 unspecified atom stereocenters. The first kappa shape index (κ1) is 20.0. The van der Waals surface area contributed by atoms with Gasteiger partial charge in [0.05, 0.1) is 0 Å². The van der Waals surface area contributed by atoms with E-state index in [1.165, 1.54) is 32.1 Å². The van der Waals surface area contributed by atoms with E-state index in [0.29, 0.717) is 17.7 Å². The highest BCUT2D eigenvalue weighted by molar-refractivity contribution is 6.30. The maximum atomic E-state index is 6.31. The van der Waals surface area contributed by atoms with Crippen molar-refractivity contribution in [1.29, 1.82) is 0 Å². The van der Waals surface area contributed by atoms with Gasteiger partial charge in [0.15, 0.2) is 11.4 Å². The first-order valence-electron chi connectivity index (χ1n) is 11.0. The van der Waals surface area contributed by atoms with Gasteiger partial charge in [-0.15, -0.1) is 0 Å². The summed E-state index contributed by atoms with van der Waals surface area (Å²) in [4.78, 5) is 5.02. The monoisotopic (exact) mass is 431 g/mol. The number of fused-ring (bicyclic) bond motifs is 1. The highest BCUT2D eigenvalue weighted by atomic mass is 35.5. The molecule has 0 aliphatic heterocycles. The third-order valence-electron chi connectivity index (χ3n) is 5.90. The molecule has 0 spiro atoms. The Morgan fingerprint density at radius 1 is 0.968 bits per heavy atom. The zero-order chi connectivity index (χ0) is 21.0. The second-order valence-corrected chi connectivity index (χ2v) is 8.58. The summed E-state index contributed by atoms with van der Waals surface area (Å²) in [5.41, 5.74) is 3.85. The maximum Gasteiger partial charge on any atom is 0.181 e. The lowest BCUT2D eigenvalue weighted by Crippen LogP contribution is -2.23. The summed E-state index contributed by atoms with van der Waals surface area (Å²) >= 11 is 6.31. The molecule has 0 radical (unpaired) electrons. The van der Waals surface area contributed by atoms with E-state index in [-0.39, 0.29) is 0 Å². The van der Waals surface area contributed by atoms with Crippen LogP contribution in [0.1, 0.15) is 37.7 Å². The molecular formula is C26H26ClN3O. The summed E-state index contributed by atoms with van der Waals surface area (Å²) in [7, 11) is 0. The number of hydrogen-bond acceptors (Lipinski definition) is 3. The topological polar surface area (TPSA) is 38.6 Å². The van der Waals surface area contributed by atoms with Gasteiger partial charge in [-0.1, -0.05) is 73.3 Å². The quantitative estimate of drug-likeness (QED) is 0.358. The van der Waals surface area contributed by atoms with Crippen LogP contribution in [0.2, 0.25) is 5.02 Å². The smallest absolute Gasteiger partial charge is 0.181 e. The van der Waals surface area contributed by atoms with Crippen LogP contribution in [0.5, 0.6) is 5.75 Å². The molecule has 1 saturated carbocycles. The van der Waals surface area contributed by atoms with Crippen LogP contribution >= 0.6 is 11.6 Å². The summed E-state index contributed by atoms with van der Waals surface area (Å²) in [6.07, 6.45) is 8.29. The molecule has 0 saturated heterocycles. The van der Waals surface area contributed by atoms with Gasteiger partial charge in [0, 0.05) is 22.8 Å². The lowest BCUT2D eigenvalue weighted by Gasteiger charge is -2.24. The molecule has 0 bridgehead atoms. The van der Waals surface area contributed by atoms with Crippen molar-refractivity contribution in [3.8, 4) is 17.0 Å². The predicted octanol–water partition coefficient (Wildman–Crippen LogP) is 6.98. The number of rotatable bonds is 6. The molecule has 2 aromatic carbocycles. The fraction of sp³-hybridized carbons (Fsp3) is 0.269. The summed E-state index contributed by atoms with van der Waals surface area (Å²) in [6.45, 7) is 0.505. The fourth-order valence-corrected chi connectivity index (χ4v) is 4.50. The lowest BCUT2D eigenvalue weighted by molar-refractivity contribution is 0.308. The number of ether oxygens (including phenoxy) is 1. The number of aromatic nitrogens is 2. The Labute approximate surface area is 187 Å². The van der Waals surface area contributed by atoms with E-state index >= 15 is 0 Å². The second kappa shape index (κ2) is 9.03. The van der Waals surface area contributed by atoms with Crippen molar-refractivity contribution in [1.82, 2.24) is 9.38 Å². The van der Waals surface area contributed by atoms with Crippen LogP contribution in [0.15, 0.2) is 72.9 Å². The number of nitrogens with zero attached hydrogens (tertiary/aromatic N) is 2. The Morgan fingerprint density at radius 2 is 1.81 bits per heavy atom. The summed E-state index contributed by atoms with van der Waals surface area (Å²) in [5.74, 6) is 1.78. The molecular weight excluding hydrogens is 406 g/mol. The van der Waals surface area contributed by atoms with Crippen molar-refractivity contribution in [3.05, 3.63) is 83.5 Å². The fourth-order valence-electron chi connectivity index (χ4n) is 4.31.